The van der Waals surface area contributed by atoms with Crippen molar-refractivity contribution >= 4 is 15.9 Å². The van der Waals surface area contributed by atoms with Gasteiger partial charge in [-0.1, -0.05) is 44.2 Å². The first-order valence-corrected chi connectivity index (χ1v) is 10.9. The van der Waals surface area contributed by atoms with Crippen LogP contribution in [-0.2, 0) is 14.8 Å². The topological polar surface area (TPSA) is 75.7 Å². The van der Waals surface area contributed by atoms with Gasteiger partial charge in [0.25, 0.3) is 5.91 Å². The number of nitrogens with zero attached hydrogens (tertiary/aromatic N) is 1. The fourth-order valence-corrected chi connectivity index (χ4v) is 4.64. The molecule has 1 heterocycles. The average Bonchev–Trinajstić information content (AvgIpc) is 2.73. The Labute approximate surface area is 166 Å². The molecule has 1 aliphatic rings. The van der Waals surface area contributed by atoms with Crippen molar-refractivity contribution < 1.29 is 17.9 Å². The number of ether oxygens (including phenoxy) is 1. The molecule has 0 radical (unpaired) electrons. The maximum Gasteiger partial charge on any atom is 0.251 e. The Kier molecular flexibility index (Phi) is 6.49. The molecule has 1 amide bonds. The quantitative estimate of drug-likeness (QED) is 0.806. The summed E-state index contributed by atoms with van der Waals surface area (Å²) in [7, 11) is -3.56. The van der Waals surface area contributed by atoms with Crippen molar-refractivity contribution in [2.45, 2.75) is 24.8 Å². The molecule has 0 saturated carbocycles. The largest absolute Gasteiger partial charge is 0.379 e. The molecule has 0 unspecified atom stereocenters. The van der Waals surface area contributed by atoms with Gasteiger partial charge in [-0.15, -0.1) is 0 Å². The zero-order valence-electron chi connectivity index (χ0n) is 16.2. The summed E-state index contributed by atoms with van der Waals surface area (Å²) in [6.07, 6.45) is 0. The number of carbonyl (C=O) groups is 1. The first-order chi connectivity index (χ1) is 13.4. The third-order valence-corrected chi connectivity index (χ3v) is 6.75. The van der Waals surface area contributed by atoms with E-state index in [2.05, 4.69) is 19.2 Å². The zero-order valence-corrected chi connectivity index (χ0v) is 17.0. The number of nitrogens with one attached hydrogen (secondary N) is 1. The summed E-state index contributed by atoms with van der Waals surface area (Å²) in [5.74, 6) is -0.00908. The third-order valence-electron chi connectivity index (χ3n) is 4.84. The Morgan fingerprint density at radius 1 is 1.00 bits per heavy atom. The van der Waals surface area contributed by atoms with Crippen LogP contribution in [0.3, 0.4) is 0 Å². The number of hydrogen-bond donors (Lipinski definition) is 1. The molecular weight excluding hydrogens is 376 g/mol. The fraction of sp³-hybridized carbons (Fsp3) is 0.381. The van der Waals surface area contributed by atoms with Gasteiger partial charge in [0.2, 0.25) is 10.0 Å². The number of morpholine rings is 1. The second kappa shape index (κ2) is 8.86. The van der Waals surface area contributed by atoms with E-state index >= 15 is 0 Å². The predicted octanol–water partition coefficient (Wildman–Crippen LogP) is 2.83. The van der Waals surface area contributed by atoms with Gasteiger partial charge in [0, 0.05) is 18.7 Å². The summed E-state index contributed by atoms with van der Waals surface area (Å²) in [5.41, 5.74) is 1.47. The molecule has 1 N–H and O–H groups in total. The Balaban J connectivity index is 1.74. The SMILES string of the molecule is CC(C)[C@H](NC(=O)c1ccc(S(=O)(=O)N2CCOCC2)cc1)c1ccccc1. The highest BCUT2D eigenvalue weighted by Gasteiger charge is 2.26. The minimum Gasteiger partial charge on any atom is -0.379 e. The molecule has 1 saturated heterocycles. The van der Waals surface area contributed by atoms with Gasteiger partial charge < -0.3 is 10.1 Å². The van der Waals surface area contributed by atoms with Crippen molar-refractivity contribution in [2.24, 2.45) is 5.92 Å². The zero-order chi connectivity index (χ0) is 20.1. The van der Waals surface area contributed by atoms with Gasteiger partial charge in [-0.2, -0.15) is 4.31 Å². The number of amides is 1. The molecule has 0 bridgehead atoms. The normalized spacial score (nSPS) is 16.7. The van der Waals surface area contributed by atoms with Gasteiger partial charge in [-0.3, -0.25) is 4.79 Å². The number of hydrogen-bond acceptors (Lipinski definition) is 4. The summed E-state index contributed by atoms with van der Waals surface area (Å²) in [5, 5.41) is 3.06. The highest BCUT2D eigenvalue weighted by atomic mass is 32.2. The summed E-state index contributed by atoms with van der Waals surface area (Å²) in [6, 6.07) is 15.8. The molecule has 150 valence electrons. The van der Waals surface area contributed by atoms with Crippen molar-refractivity contribution in [2.75, 3.05) is 26.3 Å². The van der Waals surface area contributed by atoms with E-state index < -0.39 is 10.0 Å². The lowest BCUT2D eigenvalue weighted by Gasteiger charge is -2.26. The van der Waals surface area contributed by atoms with Gasteiger partial charge in [0.1, 0.15) is 0 Å². The Hall–Kier alpha value is -2.22. The first-order valence-electron chi connectivity index (χ1n) is 9.43. The van der Waals surface area contributed by atoms with Gasteiger partial charge >= 0.3 is 0 Å². The molecule has 28 heavy (non-hydrogen) atoms. The molecular formula is C21H26N2O4S. The lowest BCUT2D eigenvalue weighted by Crippen LogP contribution is -2.40. The summed E-state index contributed by atoms with van der Waals surface area (Å²) in [6.45, 7) is 5.59. The Bertz CT molecular complexity index is 890. The average molecular weight is 403 g/mol. The molecule has 0 spiro atoms. The summed E-state index contributed by atoms with van der Waals surface area (Å²) >= 11 is 0. The molecule has 2 aromatic carbocycles. The number of carbonyl (C=O) groups excluding carboxylic acids is 1. The van der Waals surface area contributed by atoms with Crippen molar-refractivity contribution in [1.82, 2.24) is 9.62 Å². The van der Waals surface area contributed by atoms with Crippen LogP contribution < -0.4 is 5.32 Å². The fourth-order valence-electron chi connectivity index (χ4n) is 3.23. The Morgan fingerprint density at radius 2 is 1.61 bits per heavy atom. The lowest BCUT2D eigenvalue weighted by atomic mass is 9.95. The van der Waals surface area contributed by atoms with E-state index in [1.165, 1.54) is 16.4 Å². The highest BCUT2D eigenvalue weighted by Crippen LogP contribution is 2.23. The molecule has 7 heteroatoms. The van der Waals surface area contributed by atoms with E-state index in [1.807, 2.05) is 30.3 Å². The molecule has 0 aliphatic carbocycles. The number of benzene rings is 2. The molecule has 6 nitrogen and oxygen atoms in total. The van der Waals surface area contributed by atoms with Crippen molar-refractivity contribution in [3.05, 3.63) is 65.7 Å². The van der Waals surface area contributed by atoms with E-state index in [-0.39, 0.29) is 22.8 Å². The van der Waals surface area contributed by atoms with Crippen LogP contribution in [-0.4, -0.2) is 44.9 Å². The first kappa shape index (κ1) is 20.5. The van der Waals surface area contributed by atoms with Crippen LogP contribution in [0.2, 0.25) is 0 Å². The van der Waals surface area contributed by atoms with E-state index in [4.69, 9.17) is 4.74 Å². The van der Waals surface area contributed by atoms with Crippen LogP contribution in [0.5, 0.6) is 0 Å². The van der Waals surface area contributed by atoms with Gasteiger partial charge in [0.15, 0.2) is 0 Å². The predicted molar refractivity (Wildman–Crippen MR) is 108 cm³/mol. The maximum atomic E-state index is 12.7. The van der Waals surface area contributed by atoms with Crippen LogP contribution in [0.15, 0.2) is 59.5 Å². The maximum absolute atomic E-state index is 12.7. The van der Waals surface area contributed by atoms with E-state index in [0.717, 1.165) is 5.56 Å². The second-order valence-electron chi connectivity index (χ2n) is 7.15. The molecule has 3 rings (SSSR count). The van der Waals surface area contributed by atoms with E-state index in [1.54, 1.807) is 12.1 Å². The van der Waals surface area contributed by atoms with Crippen LogP contribution in [0, 0.1) is 5.92 Å². The van der Waals surface area contributed by atoms with Gasteiger partial charge in [0.05, 0.1) is 24.2 Å². The number of sulfonamides is 1. The van der Waals surface area contributed by atoms with Crippen LogP contribution in [0.4, 0.5) is 0 Å². The molecule has 2 aromatic rings. The Morgan fingerprint density at radius 3 is 2.18 bits per heavy atom. The smallest absolute Gasteiger partial charge is 0.251 e. The van der Waals surface area contributed by atoms with Crippen LogP contribution in [0.25, 0.3) is 0 Å². The minimum absolute atomic E-state index is 0.120. The summed E-state index contributed by atoms with van der Waals surface area (Å²) in [4.78, 5) is 12.9. The standard InChI is InChI=1S/C21H26N2O4S/c1-16(2)20(17-6-4-3-5-7-17)22-21(24)18-8-10-19(11-9-18)28(25,26)23-12-14-27-15-13-23/h3-11,16,20H,12-15H2,1-2H3,(H,22,24)/t20-/m0/s1. The van der Waals surface area contributed by atoms with Crippen molar-refractivity contribution in [1.29, 1.82) is 0 Å². The molecule has 1 atom stereocenters. The number of rotatable bonds is 6. The van der Waals surface area contributed by atoms with Crippen LogP contribution in [0.1, 0.15) is 35.8 Å². The van der Waals surface area contributed by atoms with Crippen molar-refractivity contribution in [3.63, 3.8) is 0 Å². The summed E-state index contributed by atoms with van der Waals surface area (Å²) < 4.78 is 32.0. The minimum atomic E-state index is -3.56. The molecule has 1 aliphatic heterocycles. The van der Waals surface area contributed by atoms with Gasteiger partial charge in [-0.25, -0.2) is 8.42 Å². The molecule has 0 aromatic heterocycles. The highest BCUT2D eigenvalue weighted by molar-refractivity contribution is 7.89. The molecule has 1 fully saturated rings. The lowest BCUT2D eigenvalue weighted by molar-refractivity contribution is 0.0730. The second-order valence-corrected chi connectivity index (χ2v) is 9.08. The monoisotopic (exact) mass is 402 g/mol. The van der Waals surface area contributed by atoms with Crippen LogP contribution >= 0.6 is 0 Å². The van der Waals surface area contributed by atoms with Gasteiger partial charge in [-0.05, 0) is 35.7 Å². The van der Waals surface area contributed by atoms with E-state index in [0.29, 0.717) is 31.9 Å². The van der Waals surface area contributed by atoms with Crippen molar-refractivity contribution in [3.8, 4) is 0 Å². The van der Waals surface area contributed by atoms with E-state index in [9.17, 15) is 13.2 Å². The third kappa shape index (κ3) is 4.60.